The standard InChI is InChI=1S/C13H18ClNO/c1-4-12(14)10(3)13(16)15-11-7-5-9(2)6-8-11/h5-8,10,12H,4H2,1-3H3,(H,15,16). The number of carbonyl (C=O) groups is 1. The summed E-state index contributed by atoms with van der Waals surface area (Å²) in [6.07, 6.45) is 0.796. The van der Waals surface area contributed by atoms with E-state index in [1.165, 1.54) is 5.56 Å². The summed E-state index contributed by atoms with van der Waals surface area (Å²) in [5, 5.41) is 2.75. The highest BCUT2D eigenvalue weighted by molar-refractivity contribution is 6.22. The molecule has 2 nitrogen and oxygen atoms in total. The van der Waals surface area contributed by atoms with Gasteiger partial charge in [-0.25, -0.2) is 0 Å². The molecule has 0 radical (unpaired) electrons. The van der Waals surface area contributed by atoms with Crippen LogP contribution in [0.3, 0.4) is 0 Å². The highest BCUT2D eigenvalue weighted by Gasteiger charge is 2.20. The Kier molecular flexibility index (Phi) is 4.81. The van der Waals surface area contributed by atoms with E-state index < -0.39 is 0 Å². The largest absolute Gasteiger partial charge is 0.326 e. The van der Waals surface area contributed by atoms with Gasteiger partial charge in [-0.2, -0.15) is 0 Å². The molecule has 2 atom stereocenters. The second kappa shape index (κ2) is 5.90. The monoisotopic (exact) mass is 239 g/mol. The molecule has 1 aromatic carbocycles. The number of hydrogen-bond donors (Lipinski definition) is 1. The Morgan fingerprint density at radius 2 is 1.94 bits per heavy atom. The van der Waals surface area contributed by atoms with Gasteiger partial charge in [0.05, 0.1) is 5.92 Å². The van der Waals surface area contributed by atoms with Gasteiger partial charge in [0.15, 0.2) is 0 Å². The van der Waals surface area contributed by atoms with Crippen LogP contribution in [0.5, 0.6) is 0 Å². The van der Waals surface area contributed by atoms with Crippen LogP contribution in [0.15, 0.2) is 24.3 Å². The topological polar surface area (TPSA) is 29.1 Å². The zero-order chi connectivity index (χ0) is 12.1. The van der Waals surface area contributed by atoms with Crippen molar-refractivity contribution in [2.45, 2.75) is 32.6 Å². The quantitative estimate of drug-likeness (QED) is 0.800. The number of aryl methyl sites for hydroxylation is 1. The van der Waals surface area contributed by atoms with Gasteiger partial charge in [0.25, 0.3) is 0 Å². The molecule has 0 aliphatic carbocycles. The lowest BCUT2D eigenvalue weighted by atomic mass is 10.0. The Hall–Kier alpha value is -1.02. The van der Waals surface area contributed by atoms with Gasteiger partial charge in [-0.3, -0.25) is 4.79 Å². The SMILES string of the molecule is CCC(Cl)C(C)C(=O)Nc1ccc(C)cc1. The van der Waals surface area contributed by atoms with Gasteiger partial charge in [0.2, 0.25) is 5.91 Å². The maximum atomic E-state index is 11.8. The molecule has 0 aliphatic rings. The molecule has 16 heavy (non-hydrogen) atoms. The minimum atomic E-state index is -0.173. The Balaban J connectivity index is 2.60. The molecule has 88 valence electrons. The van der Waals surface area contributed by atoms with Crippen LogP contribution >= 0.6 is 11.6 Å². The summed E-state index contributed by atoms with van der Waals surface area (Å²) in [4.78, 5) is 11.8. The molecule has 3 heteroatoms. The fourth-order valence-corrected chi connectivity index (χ4v) is 1.53. The molecule has 1 rings (SSSR count). The maximum Gasteiger partial charge on any atom is 0.228 e. The van der Waals surface area contributed by atoms with Crippen molar-refractivity contribution in [1.82, 2.24) is 0 Å². The van der Waals surface area contributed by atoms with Crippen molar-refractivity contribution < 1.29 is 4.79 Å². The minimum Gasteiger partial charge on any atom is -0.326 e. The lowest BCUT2D eigenvalue weighted by Gasteiger charge is -2.16. The first-order valence-corrected chi connectivity index (χ1v) is 5.99. The van der Waals surface area contributed by atoms with Crippen LogP contribution in [0.1, 0.15) is 25.8 Å². The van der Waals surface area contributed by atoms with E-state index in [1.807, 2.05) is 45.0 Å². The average molecular weight is 240 g/mol. The second-order valence-electron chi connectivity index (χ2n) is 4.07. The Morgan fingerprint density at radius 1 is 1.38 bits per heavy atom. The van der Waals surface area contributed by atoms with E-state index in [1.54, 1.807) is 0 Å². The third kappa shape index (κ3) is 3.53. The van der Waals surface area contributed by atoms with Gasteiger partial charge >= 0.3 is 0 Å². The first-order chi connectivity index (χ1) is 7.54. The molecule has 0 aromatic heterocycles. The molecule has 2 unspecified atom stereocenters. The molecule has 0 heterocycles. The molecule has 0 bridgehead atoms. The fraction of sp³-hybridized carbons (Fsp3) is 0.462. The number of benzene rings is 1. The van der Waals surface area contributed by atoms with E-state index in [-0.39, 0.29) is 17.2 Å². The number of anilines is 1. The number of carbonyl (C=O) groups excluding carboxylic acids is 1. The molecule has 1 amide bonds. The van der Waals surface area contributed by atoms with Crippen LogP contribution in [0.2, 0.25) is 0 Å². The van der Waals surface area contributed by atoms with E-state index in [0.29, 0.717) is 0 Å². The van der Waals surface area contributed by atoms with E-state index >= 15 is 0 Å². The number of halogens is 1. The summed E-state index contributed by atoms with van der Waals surface area (Å²) in [7, 11) is 0. The number of rotatable bonds is 4. The third-order valence-corrected chi connectivity index (χ3v) is 3.35. The first-order valence-electron chi connectivity index (χ1n) is 5.56. The van der Waals surface area contributed by atoms with Crippen molar-refractivity contribution in [2.75, 3.05) is 5.32 Å². The van der Waals surface area contributed by atoms with Crippen LogP contribution in [0.25, 0.3) is 0 Å². The third-order valence-electron chi connectivity index (χ3n) is 2.67. The lowest BCUT2D eigenvalue weighted by molar-refractivity contribution is -0.119. The predicted molar refractivity (Wildman–Crippen MR) is 68.9 cm³/mol. The fourth-order valence-electron chi connectivity index (χ4n) is 1.41. The van der Waals surface area contributed by atoms with E-state index in [0.717, 1.165) is 12.1 Å². The van der Waals surface area contributed by atoms with Crippen molar-refractivity contribution in [3.8, 4) is 0 Å². The predicted octanol–water partition coefficient (Wildman–Crippen LogP) is 3.59. The second-order valence-corrected chi connectivity index (χ2v) is 4.63. The molecule has 0 saturated carbocycles. The van der Waals surface area contributed by atoms with Gasteiger partial charge in [-0.15, -0.1) is 11.6 Å². The van der Waals surface area contributed by atoms with Crippen molar-refractivity contribution in [1.29, 1.82) is 0 Å². The zero-order valence-corrected chi connectivity index (χ0v) is 10.7. The smallest absolute Gasteiger partial charge is 0.228 e. The molecule has 1 N–H and O–H groups in total. The van der Waals surface area contributed by atoms with E-state index in [9.17, 15) is 4.79 Å². The number of alkyl halides is 1. The minimum absolute atomic E-state index is 0.0225. The summed E-state index contributed by atoms with van der Waals surface area (Å²) in [5.41, 5.74) is 2.00. The van der Waals surface area contributed by atoms with Crippen molar-refractivity contribution in [2.24, 2.45) is 5.92 Å². The lowest BCUT2D eigenvalue weighted by Crippen LogP contribution is -2.27. The molecular formula is C13H18ClNO. The summed E-state index contributed by atoms with van der Waals surface area (Å²) in [5.74, 6) is -0.196. The van der Waals surface area contributed by atoms with Gasteiger partial charge in [-0.1, -0.05) is 31.5 Å². The molecular weight excluding hydrogens is 222 g/mol. The summed E-state index contributed by atoms with van der Waals surface area (Å²) in [6.45, 7) is 5.85. The van der Waals surface area contributed by atoms with Crippen molar-refractivity contribution in [3.05, 3.63) is 29.8 Å². The van der Waals surface area contributed by atoms with Crippen LogP contribution < -0.4 is 5.32 Å². The van der Waals surface area contributed by atoms with Gasteiger partial charge in [0, 0.05) is 11.1 Å². The number of amides is 1. The molecule has 0 aliphatic heterocycles. The Morgan fingerprint density at radius 3 is 2.44 bits per heavy atom. The summed E-state index contributed by atoms with van der Waals surface area (Å²) < 4.78 is 0. The van der Waals surface area contributed by atoms with Crippen molar-refractivity contribution in [3.63, 3.8) is 0 Å². The highest BCUT2D eigenvalue weighted by atomic mass is 35.5. The van der Waals surface area contributed by atoms with Gasteiger partial charge in [0.1, 0.15) is 0 Å². The molecule has 1 aromatic rings. The molecule has 0 fully saturated rings. The Bertz CT molecular complexity index is 347. The number of hydrogen-bond acceptors (Lipinski definition) is 1. The molecule has 0 spiro atoms. The highest BCUT2D eigenvalue weighted by Crippen LogP contribution is 2.17. The van der Waals surface area contributed by atoms with Crippen LogP contribution in [0.4, 0.5) is 5.69 Å². The van der Waals surface area contributed by atoms with Crippen LogP contribution in [0, 0.1) is 12.8 Å². The van der Waals surface area contributed by atoms with Crippen LogP contribution in [-0.2, 0) is 4.79 Å². The summed E-state index contributed by atoms with van der Waals surface area (Å²) >= 11 is 6.04. The van der Waals surface area contributed by atoms with E-state index in [4.69, 9.17) is 11.6 Å². The van der Waals surface area contributed by atoms with Gasteiger partial charge < -0.3 is 5.32 Å². The average Bonchev–Trinajstić information content (AvgIpc) is 2.30. The summed E-state index contributed by atoms with van der Waals surface area (Å²) in [6, 6.07) is 7.74. The number of nitrogens with one attached hydrogen (secondary N) is 1. The maximum absolute atomic E-state index is 11.8. The zero-order valence-electron chi connectivity index (χ0n) is 9.96. The normalized spacial score (nSPS) is 14.2. The van der Waals surface area contributed by atoms with E-state index in [2.05, 4.69) is 5.32 Å². The first kappa shape index (κ1) is 13.0. The molecule has 0 saturated heterocycles. The Labute approximate surface area is 102 Å². The van der Waals surface area contributed by atoms with Gasteiger partial charge in [-0.05, 0) is 25.5 Å². The van der Waals surface area contributed by atoms with Crippen molar-refractivity contribution >= 4 is 23.2 Å². The van der Waals surface area contributed by atoms with Crippen LogP contribution in [-0.4, -0.2) is 11.3 Å².